The second-order valence-electron chi connectivity index (χ2n) is 5.96. The molecule has 23 heavy (non-hydrogen) atoms. The van der Waals surface area contributed by atoms with Crippen molar-refractivity contribution in [1.29, 1.82) is 0 Å². The van der Waals surface area contributed by atoms with Gasteiger partial charge in [-0.15, -0.1) is 12.4 Å². The Balaban J connectivity index is 0.00000192. The molecule has 0 saturated heterocycles. The van der Waals surface area contributed by atoms with E-state index >= 15 is 0 Å². The molecule has 1 atom stereocenters. The number of carbonyl (C=O) groups is 1. The average molecular weight is 331 g/mol. The molecule has 2 aromatic rings. The third-order valence-electron chi connectivity index (χ3n) is 4.45. The van der Waals surface area contributed by atoms with Crippen LogP contribution in [0.25, 0.3) is 0 Å². The minimum Gasteiger partial charge on any atom is -0.350 e. The molecule has 1 aliphatic rings. The predicted octanol–water partition coefficient (Wildman–Crippen LogP) is 3.34. The van der Waals surface area contributed by atoms with Gasteiger partial charge in [-0.1, -0.05) is 30.3 Å². The van der Waals surface area contributed by atoms with E-state index in [1.54, 1.807) is 0 Å². The van der Waals surface area contributed by atoms with Crippen molar-refractivity contribution in [1.82, 2.24) is 10.6 Å². The number of aryl methyl sites for hydroxylation is 2. The van der Waals surface area contributed by atoms with Crippen LogP contribution in [-0.2, 0) is 6.42 Å². The number of hydrogen-bond donors (Lipinski definition) is 2. The van der Waals surface area contributed by atoms with Crippen molar-refractivity contribution < 1.29 is 4.79 Å². The van der Waals surface area contributed by atoms with Gasteiger partial charge in [0.15, 0.2) is 0 Å². The monoisotopic (exact) mass is 330 g/mol. The number of halogens is 1. The van der Waals surface area contributed by atoms with E-state index in [1.807, 2.05) is 25.1 Å². The Hall–Kier alpha value is -1.84. The number of fused-ring (bicyclic) bond motifs is 1. The summed E-state index contributed by atoms with van der Waals surface area (Å²) in [5.41, 5.74) is 5.77. The Morgan fingerprint density at radius 2 is 1.96 bits per heavy atom. The number of rotatable bonds is 3. The molecule has 1 amide bonds. The molecule has 3 nitrogen and oxygen atoms in total. The minimum absolute atomic E-state index is 0. The molecular formula is C19H23ClN2O. The fourth-order valence-corrected chi connectivity index (χ4v) is 2.95. The highest BCUT2D eigenvalue weighted by atomic mass is 35.5. The van der Waals surface area contributed by atoms with E-state index in [-0.39, 0.29) is 24.4 Å². The van der Waals surface area contributed by atoms with Gasteiger partial charge in [0.1, 0.15) is 0 Å². The highest BCUT2D eigenvalue weighted by Gasteiger charge is 2.19. The molecule has 0 radical (unpaired) electrons. The Labute approximate surface area is 143 Å². The lowest BCUT2D eigenvalue weighted by Crippen LogP contribution is -2.38. The zero-order valence-electron chi connectivity index (χ0n) is 13.6. The summed E-state index contributed by atoms with van der Waals surface area (Å²) in [6.07, 6.45) is 1.05. The topological polar surface area (TPSA) is 41.1 Å². The lowest BCUT2D eigenvalue weighted by molar-refractivity contribution is 0.0949. The van der Waals surface area contributed by atoms with Gasteiger partial charge in [-0.2, -0.15) is 0 Å². The minimum atomic E-state index is -0.00652. The first-order chi connectivity index (χ1) is 10.6. The Morgan fingerprint density at radius 3 is 2.74 bits per heavy atom. The third kappa shape index (κ3) is 3.92. The van der Waals surface area contributed by atoms with Crippen LogP contribution in [0.2, 0.25) is 0 Å². The van der Waals surface area contributed by atoms with E-state index in [0.717, 1.165) is 24.1 Å². The summed E-state index contributed by atoms with van der Waals surface area (Å²) in [7, 11) is 0. The summed E-state index contributed by atoms with van der Waals surface area (Å²) in [5, 5.41) is 6.54. The average Bonchev–Trinajstić information content (AvgIpc) is 2.55. The van der Waals surface area contributed by atoms with Crippen LogP contribution in [0.3, 0.4) is 0 Å². The Kier molecular flexibility index (Phi) is 5.80. The van der Waals surface area contributed by atoms with Gasteiger partial charge in [-0.25, -0.2) is 0 Å². The number of carbonyl (C=O) groups excluding carboxylic acids is 1. The van der Waals surface area contributed by atoms with E-state index < -0.39 is 0 Å². The molecule has 122 valence electrons. The number of amides is 1. The molecule has 3 rings (SSSR count). The van der Waals surface area contributed by atoms with Gasteiger partial charge >= 0.3 is 0 Å². The van der Waals surface area contributed by atoms with Crippen molar-refractivity contribution in [3.63, 3.8) is 0 Å². The van der Waals surface area contributed by atoms with Gasteiger partial charge in [-0.05, 0) is 61.2 Å². The lowest BCUT2D eigenvalue weighted by Gasteiger charge is -2.27. The zero-order valence-corrected chi connectivity index (χ0v) is 14.4. The van der Waals surface area contributed by atoms with Gasteiger partial charge in [0.05, 0.1) is 0 Å². The van der Waals surface area contributed by atoms with Crippen LogP contribution in [0.4, 0.5) is 0 Å². The molecule has 0 bridgehead atoms. The van der Waals surface area contributed by atoms with Crippen molar-refractivity contribution in [3.8, 4) is 0 Å². The summed E-state index contributed by atoms with van der Waals surface area (Å²) < 4.78 is 0. The van der Waals surface area contributed by atoms with Crippen molar-refractivity contribution in [2.24, 2.45) is 0 Å². The van der Waals surface area contributed by atoms with E-state index in [9.17, 15) is 4.79 Å². The van der Waals surface area contributed by atoms with Crippen LogP contribution in [-0.4, -0.2) is 19.0 Å². The second kappa shape index (κ2) is 7.62. The maximum atomic E-state index is 12.3. The maximum Gasteiger partial charge on any atom is 0.251 e. The third-order valence-corrected chi connectivity index (χ3v) is 4.45. The van der Waals surface area contributed by atoms with Crippen molar-refractivity contribution in [2.75, 3.05) is 13.1 Å². The highest BCUT2D eigenvalue weighted by molar-refractivity contribution is 5.94. The summed E-state index contributed by atoms with van der Waals surface area (Å²) in [5.74, 6) is -0.00652. The molecule has 4 heteroatoms. The maximum absolute atomic E-state index is 12.3. The number of benzene rings is 2. The largest absolute Gasteiger partial charge is 0.350 e. The van der Waals surface area contributed by atoms with Gasteiger partial charge in [0.25, 0.3) is 5.91 Å². The molecule has 1 heterocycles. The summed E-state index contributed by atoms with van der Waals surface area (Å²) in [6.45, 7) is 5.66. The molecule has 1 aliphatic heterocycles. The van der Waals surface area contributed by atoms with Crippen LogP contribution < -0.4 is 10.6 Å². The SMILES string of the molecule is Cc1ccc(C(=O)NCC2NCCc3ccccc32)cc1C.Cl. The smallest absolute Gasteiger partial charge is 0.251 e. The van der Waals surface area contributed by atoms with E-state index in [2.05, 4.69) is 41.8 Å². The quantitative estimate of drug-likeness (QED) is 0.906. The summed E-state index contributed by atoms with van der Waals surface area (Å²) in [6, 6.07) is 14.5. The fourth-order valence-electron chi connectivity index (χ4n) is 2.95. The molecule has 0 aromatic heterocycles. The van der Waals surface area contributed by atoms with Crippen LogP contribution in [0.5, 0.6) is 0 Å². The Morgan fingerprint density at radius 1 is 1.17 bits per heavy atom. The molecule has 0 aliphatic carbocycles. The molecule has 0 fully saturated rings. The first-order valence-corrected chi connectivity index (χ1v) is 7.82. The normalized spacial score (nSPS) is 16.2. The highest BCUT2D eigenvalue weighted by Crippen LogP contribution is 2.22. The predicted molar refractivity (Wildman–Crippen MR) is 96.4 cm³/mol. The standard InChI is InChI=1S/C19H22N2O.ClH/c1-13-7-8-16(11-14(13)2)19(22)21-12-18-17-6-4-3-5-15(17)9-10-20-18;/h3-8,11,18,20H,9-10,12H2,1-2H3,(H,21,22);1H. The molecular weight excluding hydrogens is 308 g/mol. The number of hydrogen-bond acceptors (Lipinski definition) is 2. The summed E-state index contributed by atoms with van der Waals surface area (Å²) in [4.78, 5) is 12.3. The first-order valence-electron chi connectivity index (χ1n) is 7.82. The zero-order chi connectivity index (χ0) is 15.5. The van der Waals surface area contributed by atoms with Gasteiger partial charge < -0.3 is 10.6 Å². The molecule has 2 N–H and O–H groups in total. The van der Waals surface area contributed by atoms with Crippen LogP contribution in [0.1, 0.15) is 38.7 Å². The van der Waals surface area contributed by atoms with E-state index in [4.69, 9.17) is 0 Å². The van der Waals surface area contributed by atoms with Crippen molar-refractivity contribution in [2.45, 2.75) is 26.3 Å². The van der Waals surface area contributed by atoms with Gasteiger partial charge in [0.2, 0.25) is 0 Å². The van der Waals surface area contributed by atoms with Crippen molar-refractivity contribution >= 4 is 18.3 Å². The molecule has 0 spiro atoms. The Bertz CT molecular complexity index is 700. The van der Waals surface area contributed by atoms with Crippen molar-refractivity contribution in [3.05, 3.63) is 70.3 Å². The molecule has 0 saturated carbocycles. The summed E-state index contributed by atoms with van der Waals surface area (Å²) >= 11 is 0. The second-order valence-corrected chi connectivity index (χ2v) is 5.96. The van der Waals surface area contributed by atoms with E-state index in [0.29, 0.717) is 6.54 Å². The van der Waals surface area contributed by atoms with Crippen LogP contribution in [0.15, 0.2) is 42.5 Å². The number of nitrogens with one attached hydrogen (secondary N) is 2. The van der Waals surface area contributed by atoms with E-state index in [1.165, 1.54) is 16.7 Å². The fraction of sp³-hybridized carbons (Fsp3) is 0.316. The molecule has 1 unspecified atom stereocenters. The van der Waals surface area contributed by atoms with Gasteiger partial charge in [0, 0.05) is 18.2 Å². The van der Waals surface area contributed by atoms with Crippen LogP contribution in [0, 0.1) is 13.8 Å². The van der Waals surface area contributed by atoms with Crippen LogP contribution >= 0.6 is 12.4 Å². The first kappa shape index (κ1) is 17.5. The lowest BCUT2D eigenvalue weighted by atomic mass is 9.94. The molecule has 2 aromatic carbocycles. The van der Waals surface area contributed by atoms with Gasteiger partial charge in [-0.3, -0.25) is 4.79 Å².